The van der Waals surface area contributed by atoms with Crippen molar-refractivity contribution in [2.24, 2.45) is 5.92 Å². The first kappa shape index (κ1) is 14.1. The summed E-state index contributed by atoms with van der Waals surface area (Å²) in [4.78, 5) is 1.38. The zero-order valence-corrected chi connectivity index (χ0v) is 10.7. The topological polar surface area (TPSA) is 49.4 Å². The lowest BCUT2D eigenvalue weighted by Gasteiger charge is -2.38. The van der Waals surface area contributed by atoms with Crippen molar-refractivity contribution in [3.05, 3.63) is 0 Å². The molecule has 2 saturated heterocycles. The fourth-order valence-electron chi connectivity index (χ4n) is 2.64. The van der Waals surface area contributed by atoms with Crippen LogP contribution < -0.4 is 5.32 Å². The lowest BCUT2D eigenvalue weighted by Crippen LogP contribution is -2.58. The Morgan fingerprint density at radius 2 is 2.06 bits per heavy atom. The van der Waals surface area contributed by atoms with Gasteiger partial charge < -0.3 is 5.32 Å². The summed E-state index contributed by atoms with van der Waals surface area (Å²) in [5.41, 5.74) is 0. The number of sulfone groups is 1. The van der Waals surface area contributed by atoms with Gasteiger partial charge in [-0.2, -0.15) is 13.2 Å². The molecule has 1 N–H and O–H groups in total. The Balaban J connectivity index is 1.98. The van der Waals surface area contributed by atoms with E-state index in [1.807, 2.05) is 0 Å². The van der Waals surface area contributed by atoms with E-state index < -0.39 is 22.1 Å². The summed E-state index contributed by atoms with van der Waals surface area (Å²) in [6, 6.07) is -1.49. The molecular weight excluding hydrogens is 269 g/mol. The maximum atomic E-state index is 12.8. The van der Waals surface area contributed by atoms with Gasteiger partial charge in [-0.25, -0.2) is 8.42 Å². The SMILES string of the molecule is O=S1(=O)CCC(CN2CCNCC2C(F)(F)F)C1. The number of hydrogen-bond donors (Lipinski definition) is 1. The molecule has 4 nitrogen and oxygen atoms in total. The van der Waals surface area contributed by atoms with Gasteiger partial charge >= 0.3 is 6.18 Å². The van der Waals surface area contributed by atoms with E-state index >= 15 is 0 Å². The minimum absolute atomic E-state index is 0.0293. The van der Waals surface area contributed by atoms with Crippen molar-refractivity contribution in [2.45, 2.75) is 18.6 Å². The van der Waals surface area contributed by atoms with Gasteiger partial charge in [-0.3, -0.25) is 4.90 Å². The number of rotatable bonds is 2. The van der Waals surface area contributed by atoms with Crippen molar-refractivity contribution in [2.75, 3.05) is 37.7 Å². The molecular formula is C10H17F3N2O2S. The number of nitrogens with one attached hydrogen (secondary N) is 1. The molecule has 2 fully saturated rings. The zero-order valence-electron chi connectivity index (χ0n) is 9.91. The van der Waals surface area contributed by atoms with Crippen molar-refractivity contribution in [1.82, 2.24) is 10.2 Å². The monoisotopic (exact) mass is 286 g/mol. The fraction of sp³-hybridized carbons (Fsp3) is 1.00. The minimum Gasteiger partial charge on any atom is -0.314 e. The maximum absolute atomic E-state index is 12.8. The van der Waals surface area contributed by atoms with Crippen LogP contribution in [0.4, 0.5) is 13.2 Å². The Bertz CT molecular complexity index is 396. The molecule has 18 heavy (non-hydrogen) atoms. The first-order valence-electron chi connectivity index (χ1n) is 6.00. The van der Waals surface area contributed by atoms with Crippen LogP contribution in [-0.4, -0.2) is 63.2 Å². The summed E-state index contributed by atoms with van der Waals surface area (Å²) in [6.45, 7) is 0.959. The Kier molecular flexibility index (Phi) is 3.89. The molecule has 2 aliphatic heterocycles. The van der Waals surface area contributed by atoms with Crippen LogP contribution in [0.1, 0.15) is 6.42 Å². The van der Waals surface area contributed by atoms with Crippen LogP contribution in [0.25, 0.3) is 0 Å². The van der Waals surface area contributed by atoms with Gasteiger partial charge in [0.05, 0.1) is 11.5 Å². The number of piperazine rings is 1. The van der Waals surface area contributed by atoms with Crippen molar-refractivity contribution < 1.29 is 21.6 Å². The van der Waals surface area contributed by atoms with Crippen molar-refractivity contribution >= 4 is 9.84 Å². The van der Waals surface area contributed by atoms with E-state index in [0.29, 0.717) is 19.5 Å². The Labute approximate surface area is 104 Å². The predicted octanol–water partition coefficient (Wildman–Crippen LogP) is 0.257. The first-order valence-corrected chi connectivity index (χ1v) is 7.82. The molecule has 8 heteroatoms. The summed E-state index contributed by atoms with van der Waals surface area (Å²) < 4.78 is 61.1. The van der Waals surface area contributed by atoms with Crippen LogP contribution >= 0.6 is 0 Å². The van der Waals surface area contributed by atoms with Gasteiger partial charge in [0.25, 0.3) is 0 Å². The highest BCUT2D eigenvalue weighted by molar-refractivity contribution is 7.91. The van der Waals surface area contributed by atoms with E-state index in [2.05, 4.69) is 5.32 Å². The van der Waals surface area contributed by atoms with E-state index in [1.165, 1.54) is 4.90 Å². The second-order valence-electron chi connectivity index (χ2n) is 5.03. The highest BCUT2D eigenvalue weighted by Gasteiger charge is 2.45. The number of alkyl halides is 3. The van der Waals surface area contributed by atoms with Crippen LogP contribution in [0.2, 0.25) is 0 Å². The molecule has 0 radical (unpaired) electrons. The van der Waals surface area contributed by atoms with Crippen molar-refractivity contribution in [1.29, 1.82) is 0 Å². The fourth-order valence-corrected chi connectivity index (χ4v) is 4.48. The lowest BCUT2D eigenvalue weighted by molar-refractivity contribution is -0.188. The molecule has 2 unspecified atom stereocenters. The second-order valence-corrected chi connectivity index (χ2v) is 7.25. The van der Waals surface area contributed by atoms with Gasteiger partial charge in [-0.15, -0.1) is 0 Å². The van der Waals surface area contributed by atoms with Gasteiger partial charge in [0.1, 0.15) is 6.04 Å². The van der Waals surface area contributed by atoms with Crippen LogP contribution in [0.15, 0.2) is 0 Å². The quantitative estimate of drug-likeness (QED) is 0.791. The van der Waals surface area contributed by atoms with E-state index in [-0.39, 0.29) is 30.5 Å². The maximum Gasteiger partial charge on any atom is 0.405 e. The summed E-state index contributed by atoms with van der Waals surface area (Å²) >= 11 is 0. The van der Waals surface area contributed by atoms with E-state index in [4.69, 9.17) is 0 Å². The number of halogens is 3. The molecule has 0 aromatic heterocycles. The van der Waals surface area contributed by atoms with E-state index in [9.17, 15) is 21.6 Å². The summed E-state index contributed by atoms with van der Waals surface area (Å²) in [7, 11) is -3.02. The third kappa shape index (κ3) is 3.36. The normalized spacial score (nSPS) is 33.7. The molecule has 0 amide bonds. The molecule has 0 spiro atoms. The summed E-state index contributed by atoms with van der Waals surface area (Å²) in [5.74, 6) is -0.0139. The predicted molar refractivity (Wildman–Crippen MR) is 61.0 cm³/mol. The van der Waals surface area contributed by atoms with Crippen molar-refractivity contribution in [3.8, 4) is 0 Å². The van der Waals surface area contributed by atoms with Gasteiger partial charge in [0, 0.05) is 26.2 Å². The molecule has 0 aromatic rings. The first-order chi connectivity index (χ1) is 8.28. The average Bonchev–Trinajstić information content (AvgIpc) is 2.57. The average molecular weight is 286 g/mol. The minimum atomic E-state index is -4.26. The Hall–Kier alpha value is -0.340. The van der Waals surface area contributed by atoms with E-state index in [1.54, 1.807) is 0 Å². The molecule has 0 saturated carbocycles. The second kappa shape index (κ2) is 4.97. The Morgan fingerprint density at radius 3 is 2.61 bits per heavy atom. The van der Waals surface area contributed by atoms with Crippen LogP contribution in [0.5, 0.6) is 0 Å². The van der Waals surface area contributed by atoms with Crippen LogP contribution in [-0.2, 0) is 9.84 Å². The smallest absolute Gasteiger partial charge is 0.314 e. The number of nitrogens with zero attached hydrogens (tertiary/aromatic N) is 1. The molecule has 2 rings (SSSR count). The molecule has 0 aromatic carbocycles. The molecule has 106 valence electrons. The standard InChI is InChI=1S/C10H17F3N2O2S/c11-10(12,13)9-5-14-2-3-15(9)6-8-1-4-18(16,17)7-8/h8-9,14H,1-7H2. The van der Waals surface area contributed by atoms with Crippen LogP contribution in [0.3, 0.4) is 0 Å². The van der Waals surface area contributed by atoms with E-state index in [0.717, 1.165) is 0 Å². The summed E-state index contributed by atoms with van der Waals surface area (Å²) in [5, 5.41) is 2.73. The lowest BCUT2D eigenvalue weighted by atomic mass is 10.1. The molecule has 2 aliphatic rings. The third-order valence-electron chi connectivity index (χ3n) is 3.55. The molecule has 0 bridgehead atoms. The van der Waals surface area contributed by atoms with Gasteiger partial charge in [-0.1, -0.05) is 0 Å². The highest BCUT2D eigenvalue weighted by Crippen LogP contribution is 2.28. The zero-order chi connectivity index (χ0) is 13.4. The van der Waals surface area contributed by atoms with Crippen molar-refractivity contribution in [3.63, 3.8) is 0 Å². The Morgan fingerprint density at radius 1 is 1.33 bits per heavy atom. The van der Waals surface area contributed by atoms with Crippen LogP contribution in [0, 0.1) is 5.92 Å². The molecule has 2 atom stereocenters. The number of hydrogen-bond acceptors (Lipinski definition) is 4. The largest absolute Gasteiger partial charge is 0.405 e. The van der Waals surface area contributed by atoms with Gasteiger partial charge in [0.2, 0.25) is 0 Å². The molecule has 0 aliphatic carbocycles. The summed E-state index contributed by atoms with van der Waals surface area (Å²) in [6.07, 6.45) is -3.78. The van der Waals surface area contributed by atoms with Gasteiger partial charge in [0.15, 0.2) is 9.84 Å². The van der Waals surface area contributed by atoms with Gasteiger partial charge in [-0.05, 0) is 12.3 Å². The molecule has 2 heterocycles. The third-order valence-corrected chi connectivity index (χ3v) is 5.39. The highest BCUT2D eigenvalue weighted by atomic mass is 32.2.